The summed E-state index contributed by atoms with van der Waals surface area (Å²) in [4.78, 5) is 30.7. The summed E-state index contributed by atoms with van der Waals surface area (Å²) >= 11 is 0. The van der Waals surface area contributed by atoms with Crippen molar-refractivity contribution in [3.05, 3.63) is 53.9 Å². The third kappa shape index (κ3) is 4.87. The number of pyridine rings is 1. The molecule has 0 aliphatic carbocycles. The van der Waals surface area contributed by atoms with Crippen molar-refractivity contribution in [1.29, 1.82) is 0 Å². The molecular formula is C21H24N4O5. The van der Waals surface area contributed by atoms with Gasteiger partial charge in [0.2, 0.25) is 6.79 Å². The smallest absolute Gasteiger partial charge is 0.309 e. The largest absolute Gasteiger partial charge is 0.454 e. The Bertz CT molecular complexity index is 886. The minimum absolute atomic E-state index is 0.113. The first-order chi connectivity index (χ1) is 14.7. The number of carbonyl (C=O) groups is 2. The van der Waals surface area contributed by atoms with Crippen LogP contribution in [-0.2, 0) is 20.9 Å². The van der Waals surface area contributed by atoms with E-state index in [1.54, 1.807) is 18.5 Å². The Balaban J connectivity index is 1.39. The first kappa shape index (κ1) is 20.1. The molecule has 0 spiro atoms. The average Bonchev–Trinajstić information content (AvgIpc) is 3.27. The number of carbonyl (C=O) groups excluding carboxylic acids is 2. The fourth-order valence-corrected chi connectivity index (χ4v) is 3.50. The van der Waals surface area contributed by atoms with E-state index in [9.17, 15) is 9.59 Å². The maximum Gasteiger partial charge on any atom is 0.309 e. The number of amides is 2. The molecule has 1 aromatic heterocycles. The number of morpholine rings is 1. The van der Waals surface area contributed by atoms with Crippen LogP contribution in [0.15, 0.2) is 42.7 Å². The highest BCUT2D eigenvalue weighted by Crippen LogP contribution is 2.35. The molecule has 158 valence electrons. The highest BCUT2D eigenvalue weighted by atomic mass is 16.7. The Morgan fingerprint density at radius 1 is 1.07 bits per heavy atom. The fraction of sp³-hybridized carbons (Fsp3) is 0.381. The number of benzene rings is 1. The zero-order valence-electron chi connectivity index (χ0n) is 16.5. The lowest BCUT2D eigenvalue weighted by molar-refractivity contribution is -0.139. The van der Waals surface area contributed by atoms with E-state index < -0.39 is 11.8 Å². The highest BCUT2D eigenvalue weighted by molar-refractivity contribution is 6.35. The van der Waals surface area contributed by atoms with Gasteiger partial charge in [0.05, 0.1) is 19.3 Å². The Morgan fingerprint density at radius 3 is 2.67 bits per heavy atom. The van der Waals surface area contributed by atoms with Crippen LogP contribution < -0.4 is 20.1 Å². The second-order valence-corrected chi connectivity index (χ2v) is 7.03. The molecule has 1 atom stereocenters. The van der Waals surface area contributed by atoms with E-state index in [2.05, 4.69) is 20.5 Å². The quantitative estimate of drug-likeness (QED) is 0.671. The van der Waals surface area contributed by atoms with Crippen molar-refractivity contribution in [1.82, 2.24) is 20.5 Å². The summed E-state index contributed by atoms with van der Waals surface area (Å²) in [6.45, 7) is 3.47. The SMILES string of the molecule is O=C(NCc1cccnc1)C(=O)NCC(c1ccc2c(c1)OCO2)N1CCOCC1. The molecule has 1 unspecified atom stereocenters. The van der Waals surface area contributed by atoms with E-state index in [1.165, 1.54) is 0 Å². The normalized spacial score (nSPS) is 16.7. The van der Waals surface area contributed by atoms with Crippen LogP contribution >= 0.6 is 0 Å². The number of fused-ring (bicyclic) bond motifs is 1. The Labute approximate surface area is 174 Å². The van der Waals surface area contributed by atoms with E-state index in [4.69, 9.17) is 14.2 Å². The van der Waals surface area contributed by atoms with Crippen molar-refractivity contribution in [3.63, 3.8) is 0 Å². The molecule has 4 rings (SSSR count). The van der Waals surface area contributed by atoms with Gasteiger partial charge >= 0.3 is 11.8 Å². The molecule has 9 nitrogen and oxygen atoms in total. The van der Waals surface area contributed by atoms with Gasteiger partial charge in [-0.05, 0) is 29.3 Å². The molecule has 30 heavy (non-hydrogen) atoms. The molecule has 0 radical (unpaired) electrons. The molecule has 1 fully saturated rings. The van der Waals surface area contributed by atoms with E-state index in [0.29, 0.717) is 31.3 Å². The lowest BCUT2D eigenvalue weighted by atomic mass is 10.0. The lowest BCUT2D eigenvalue weighted by Crippen LogP contribution is -2.46. The molecule has 2 aliphatic heterocycles. The Kier molecular flexibility index (Phi) is 6.41. The zero-order valence-corrected chi connectivity index (χ0v) is 16.5. The standard InChI is InChI=1S/C21H24N4O5/c26-20(23-12-15-2-1-5-22-11-15)21(27)24-13-17(25-6-8-28-9-7-25)16-3-4-18-19(10-16)30-14-29-18/h1-5,10-11,17H,6-9,12-14H2,(H,23,26)(H,24,27). The summed E-state index contributed by atoms with van der Waals surface area (Å²) in [6, 6.07) is 9.25. The first-order valence-corrected chi connectivity index (χ1v) is 9.87. The lowest BCUT2D eigenvalue weighted by Gasteiger charge is -2.34. The van der Waals surface area contributed by atoms with Gasteiger partial charge in [0, 0.05) is 38.6 Å². The third-order valence-corrected chi connectivity index (χ3v) is 5.11. The van der Waals surface area contributed by atoms with Crippen molar-refractivity contribution in [2.45, 2.75) is 12.6 Å². The number of nitrogens with zero attached hydrogens (tertiary/aromatic N) is 2. The van der Waals surface area contributed by atoms with Crippen LogP contribution in [0.2, 0.25) is 0 Å². The monoisotopic (exact) mass is 412 g/mol. The second kappa shape index (κ2) is 9.55. The summed E-state index contributed by atoms with van der Waals surface area (Å²) in [7, 11) is 0. The number of rotatable bonds is 6. The second-order valence-electron chi connectivity index (χ2n) is 7.03. The van der Waals surface area contributed by atoms with Crippen LogP contribution in [0.5, 0.6) is 11.5 Å². The zero-order chi connectivity index (χ0) is 20.8. The van der Waals surface area contributed by atoms with Crippen molar-refractivity contribution in [3.8, 4) is 11.5 Å². The van der Waals surface area contributed by atoms with Crippen LogP contribution in [0.25, 0.3) is 0 Å². The number of ether oxygens (including phenoxy) is 3. The van der Waals surface area contributed by atoms with E-state index in [-0.39, 0.29) is 19.4 Å². The van der Waals surface area contributed by atoms with Crippen LogP contribution in [-0.4, -0.2) is 61.3 Å². The van der Waals surface area contributed by atoms with Gasteiger partial charge in [0.1, 0.15) is 0 Å². The first-order valence-electron chi connectivity index (χ1n) is 9.87. The van der Waals surface area contributed by atoms with Gasteiger partial charge in [0.25, 0.3) is 0 Å². The van der Waals surface area contributed by atoms with E-state index >= 15 is 0 Å². The van der Waals surface area contributed by atoms with Crippen LogP contribution in [0.4, 0.5) is 0 Å². The maximum absolute atomic E-state index is 12.3. The molecule has 0 bridgehead atoms. The van der Waals surface area contributed by atoms with Gasteiger partial charge in [-0.1, -0.05) is 12.1 Å². The van der Waals surface area contributed by atoms with Crippen molar-refractivity contribution in [2.24, 2.45) is 0 Å². The average molecular weight is 412 g/mol. The highest BCUT2D eigenvalue weighted by Gasteiger charge is 2.26. The topological polar surface area (TPSA) is 102 Å². The number of hydrogen-bond acceptors (Lipinski definition) is 7. The Hall–Kier alpha value is -3.17. The number of hydrogen-bond donors (Lipinski definition) is 2. The summed E-state index contributed by atoms with van der Waals surface area (Å²) in [6.07, 6.45) is 3.30. The molecule has 1 saturated heterocycles. The van der Waals surface area contributed by atoms with Gasteiger partial charge in [0.15, 0.2) is 11.5 Å². The molecule has 9 heteroatoms. The molecule has 2 amide bonds. The predicted octanol–water partition coefficient (Wildman–Crippen LogP) is 0.616. The molecule has 3 heterocycles. The van der Waals surface area contributed by atoms with Crippen LogP contribution in [0.3, 0.4) is 0 Å². The third-order valence-electron chi connectivity index (χ3n) is 5.11. The van der Waals surface area contributed by atoms with Gasteiger partial charge in [-0.15, -0.1) is 0 Å². The molecule has 0 saturated carbocycles. The predicted molar refractivity (Wildman–Crippen MR) is 107 cm³/mol. The fourth-order valence-electron chi connectivity index (χ4n) is 3.50. The summed E-state index contributed by atoms with van der Waals surface area (Å²) in [5, 5.41) is 5.38. The van der Waals surface area contributed by atoms with Crippen LogP contribution in [0.1, 0.15) is 17.2 Å². The van der Waals surface area contributed by atoms with Gasteiger partial charge in [-0.3, -0.25) is 19.5 Å². The van der Waals surface area contributed by atoms with Crippen molar-refractivity contribution < 1.29 is 23.8 Å². The molecule has 2 aliphatic rings. The van der Waals surface area contributed by atoms with Crippen molar-refractivity contribution in [2.75, 3.05) is 39.6 Å². The van der Waals surface area contributed by atoms with Crippen molar-refractivity contribution >= 4 is 11.8 Å². The molecular weight excluding hydrogens is 388 g/mol. The van der Waals surface area contributed by atoms with E-state index in [1.807, 2.05) is 24.3 Å². The Morgan fingerprint density at radius 2 is 1.87 bits per heavy atom. The number of aromatic nitrogens is 1. The van der Waals surface area contributed by atoms with Gasteiger partial charge in [-0.25, -0.2) is 0 Å². The summed E-state index contributed by atoms with van der Waals surface area (Å²) < 4.78 is 16.3. The van der Waals surface area contributed by atoms with E-state index in [0.717, 1.165) is 24.2 Å². The molecule has 1 aromatic carbocycles. The van der Waals surface area contributed by atoms with Gasteiger partial charge in [-0.2, -0.15) is 0 Å². The number of nitrogens with one attached hydrogen (secondary N) is 2. The summed E-state index contributed by atoms with van der Waals surface area (Å²) in [5.41, 5.74) is 1.81. The minimum Gasteiger partial charge on any atom is -0.454 e. The van der Waals surface area contributed by atoms with Gasteiger partial charge < -0.3 is 24.8 Å². The molecule has 2 N–H and O–H groups in total. The molecule has 2 aromatic rings. The van der Waals surface area contributed by atoms with Crippen LogP contribution in [0, 0.1) is 0 Å². The summed E-state index contributed by atoms with van der Waals surface area (Å²) in [5.74, 6) is 0.0488. The maximum atomic E-state index is 12.3. The minimum atomic E-state index is -0.676.